The molecule has 1 aliphatic rings. The van der Waals surface area contributed by atoms with Gasteiger partial charge >= 0.3 is 5.97 Å². The summed E-state index contributed by atoms with van der Waals surface area (Å²) < 4.78 is 15.8. The monoisotopic (exact) mass is 378 g/mol. The third-order valence-electron chi connectivity index (χ3n) is 4.57. The molecule has 0 fully saturated rings. The van der Waals surface area contributed by atoms with Gasteiger partial charge in [-0.05, 0) is 37.6 Å². The third kappa shape index (κ3) is 3.34. The van der Waals surface area contributed by atoms with Crippen LogP contribution in [0.1, 0.15) is 21.6 Å². The lowest BCUT2D eigenvalue weighted by molar-refractivity contribution is -0.119. The number of ether oxygens (including phenoxy) is 3. The van der Waals surface area contributed by atoms with Gasteiger partial charge in [-0.25, -0.2) is 4.79 Å². The summed E-state index contributed by atoms with van der Waals surface area (Å²) in [6.45, 7) is 3.41. The van der Waals surface area contributed by atoms with E-state index in [4.69, 9.17) is 14.2 Å². The summed E-state index contributed by atoms with van der Waals surface area (Å²) in [5.41, 5.74) is 3.16. The molecule has 0 saturated heterocycles. The number of fused-ring (bicyclic) bond motifs is 2. The molecule has 2 heterocycles. The van der Waals surface area contributed by atoms with E-state index in [-0.39, 0.29) is 6.79 Å². The number of para-hydroxylation sites is 1. The highest BCUT2D eigenvalue weighted by Gasteiger charge is 2.19. The van der Waals surface area contributed by atoms with E-state index in [1.54, 1.807) is 18.2 Å². The summed E-state index contributed by atoms with van der Waals surface area (Å²) in [7, 11) is 0. The first kappa shape index (κ1) is 17.8. The van der Waals surface area contributed by atoms with Gasteiger partial charge in [-0.15, -0.1) is 0 Å². The van der Waals surface area contributed by atoms with Crippen molar-refractivity contribution in [3.8, 4) is 11.5 Å². The van der Waals surface area contributed by atoms with E-state index in [0.717, 1.165) is 11.3 Å². The standard InChI is InChI=1S/C21H18N2O5/c1-12-13(2)22-16-6-4-3-5-15(16)20(12)21(25)26-10-19(24)23-14-7-8-17-18(9-14)28-11-27-17/h3-9H,10-11H2,1-2H3,(H,23,24). The van der Waals surface area contributed by atoms with Crippen LogP contribution in [0.15, 0.2) is 42.5 Å². The number of benzene rings is 2. The quantitative estimate of drug-likeness (QED) is 0.701. The van der Waals surface area contributed by atoms with Crippen molar-refractivity contribution in [1.29, 1.82) is 0 Å². The molecule has 28 heavy (non-hydrogen) atoms. The van der Waals surface area contributed by atoms with Gasteiger partial charge in [0, 0.05) is 22.8 Å². The molecule has 2 aromatic carbocycles. The summed E-state index contributed by atoms with van der Waals surface area (Å²) >= 11 is 0. The van der Waals surface area contributed by atoms with Crippen LogP contribution >= 0.6 is 0 Å². The van der Waals surface area contributed by atoms with Gasteiger partial charge in [-0.1, -0.05) is 18.2 Å². The van der Waals surface area contributed by atoms with Gasteiger partial charge in [0.25, 0.3) is 5.91 Å². The topological polar surface area (TPSA) is 86.8 Å². The zero-order chi connectivity index (χ0) is 19.7. The number of nitrogens with one attached hydrogen (secondary N) is 1. The molecule has 0 spiro atoms. The SMILES string of the molecule is Cc1nc2ccccc2c(C(=O)OCC(=O)Nc2ccc3c(c2)OCO3)c1C. The first-order valence-corrected chi connectivity index (χ1v) is 8.75. The smallest absolute Gasteiger partial charge is 0.339 e. The van der Waals surface area contributed by atoms with Crippen molar-refractivity contribution < 1.29 is 23.8 Å². The number of hydrogen-bond donors (Lipinski definition) is 1. The minimum absolute atomic E-state index is 0.156. The Balaban J connectivity index is 1.47. The number of rotatable bonds is 4. The normalized spacial score (nSPS) is 12.1. The Morgan fingerprint density at radius 1 is 1.11 bits per heavy atom. The maximum absolute atomic E-state index is 12.7. The second-order valence-corrected chi connectivity index (χ2v) is 6.41. The Bertz CT molecular complexity index is 1090. The van der Waals surface area contributed by atoms with E-state index in [0.29, 0.717) is 33.7 Å². The minimum atomic E-state index is -0.556. The van der Waals surface area contributed by atoms with Crippen molar-refractivity contribution in [2.24, 2.45) is 0 Å². The molecular weight excluding hydrogens is 360 g/mol. The zero-order valence-corrected chi connectivity index (χ0v) is 15.4. The molecule has 3 aromatic rings. The van der Waals surface area contributed by atoms with Crippen LogP contribution in [0.25, 0.3) is 10.9 Å². The number of esters is 1. The highest BCUT2D eigenvalue weighted by Crippen LogP contribution is 2.34. The van der Waals surface area contributed by atoms with Crippen molar-refractivity contribution in [1.82, 2.24) is 4.98 Å². The predicted molar refractivity (Wildman–Crippen MR) is 103 cm³/mol. The van der Waals surface area contributed by atoms with Crippen LogP contribution in [0.5, 0.6) is 11.5 Å². The lowest BCUT2D eigenvalue weighted by atomic mass is 10.0. The summed E-state index contributed by atoms with van der Waals surface area (Å²) in [6, 6.07) is 12.4. The van der Waals surface area contributed by atoms with Crippen LogP contribution in [0.3, 0.4) is 0 Å². The lowest BCUT2D eigenvalue weighted by Gasteiger charge is -2.12. The van der Waals surface area contributed by atoms with Crippen LogP contribution in [0.4, 0.5) is 5.69 Å². The van der Waals surface area contributed by atoms with Gasteiger partial charge in [-0.3, -0.25) is 9.78 Å². The molecule has 0 atom stereocenters. The number of aryl methyl sites for hydroxylation is 1. The van der Waals surface area contributed by atoms with Crippen LogP contribution in [0.2, 0.25) is 0 Å². The Labute approximate surface area is 161 Å². The van der Waals surface area contributed by atoms with Crippen molar-refractivity contribution in [2.75, 3.05) is 18.7 Å². The fourth-order valence-corrected chi connectivity index (χ4v) is 3.07. The highest BCUT2D eigenvalue weighted by molar-refractivity contribution is 6.05. The molecule has 1 amide bonds. The summed E-state index contributed by atoms with van der Waals surface area (Å²) in [6.07, 6.45) is 0. The average molecular weight is 378 g/mol. The summed E-state index contributed by atoms with van der Waals surface area (Å²) in [5.74, 6) is 0.184. The summed E-state index contributed by atoms with van der Waals surface area (Å²) in [5, 5.41) is 3.38. The largest absolute Gasteiger partial charge is 0.454 e. The van der Waals surface area contributed by atoms with Gasteiger partial charge in [0.15, 0.2) is 18.1 Å². The van der Waals surface area contributed by atoms with Crippen molar-refractivity contribution in [2.45, 2.75) is 13.8 Å². The van der Waals surface area contributed by atoms with Gasteiger partial charge in [0.1, 0.15) is 0 Å². The number of carbonyl (C=O) groups is 2. The van der Waals surface area contributed by atoms with Gasteiger partial charge in [0.2, 0.25) is 6.79 Å². The van der Waals surface area contributed by atoms with E-state index in [1.165, 1.54) is 0 Å². The summed E-state index contributed by atoms with van der Waals surface area (Å²) in [4.78, 5) is 29.4. The number of hydrogen-bond acceptors (Lipinski definition) is 6. The van der Waals surface area contributed by atoms with Gasteiger partial charge in [0.05, 0.1) is 11.1 Å². The van der Waals surface area contributed by atoms with Crippen molar-refractivity contribution >= 4 is 28.5 Å². The molecule has 7 heteroatoms. The lowest BCUT2D eigenvalue weighted by Crippen LogP contribution is -2.21. The molecule has 1 N–H and O–H groups in total. The van der Waals surface area contributed by atoms with E-state index in [9.17, 15) is 9.59 Å². The fourth-order valence-electron chi connectivity index (χ4n) is 3.07. The molecule has 1 aliphatic heterocycles. The van der Waals surface area contributed by atoms with Crippen LogP contribution < -0.4 is 14.8 Å². The van der Waals surface area contributed by atoms with E-state index < -0.39 is 18.5 Å². The fraction of sp³-hybridized carbons (Fsp3) is 0.190. The predicted octanol–water partition coefficient (Wildman–Crippen LogP) is 3.38. The van der Waals surface area contributed by atoms with Crippen molar-refractivity contribution in [3.63, 3.8) is 0 Å². The molecule has 0 unspecified atom stereocenters. The first-order chi connectivity index (χ1) is 13.5. The molecular formula is C21H18N2O5. The molecule has 0 radical (unpaired) electrons. The van der Waals surface area contributed by atoms with E-state index in [1.807, 2.05) is 38.1 Å². The second kappa shape index (κ2) is 7.19. The molecule has 0 aliphatic carbocycles. The molecule has 0 bridgehead atoms. The minimum Gasteiger partial charge on any atom is -0.454 e. The molecule has 0 saturated carbocycles. The van der Waals surface area contributed by atoms with E-state index in [2.05, 4.69) is 10.3 Å². The van der Waals surface area contributed by atoms with Crippen LogP contribution in [-0.4, -0.2) is 30.3 Å². The highest BCUT2D eigenvalue weighted by atomic mass is 16.7. The Hall–Kier alpha value is -3.61. The van der Waals surface area contributed by atoms with Gasteiger partial charge in [-0.2, -0.15) is 0 Å². The number of carbonyl (C=O) groups excluding carboxylic acids is 2. The zero-order valence-electron chi connectivity index (χ0n) is 15.4. The van der Waals surface area contributed by atoms with Crippen LogP contribution in [-0.2, 0) is 9.53 Å². The maximum atomic E-state index is 12.7. The molecule has 1 aromatic heterocycles. The van der Waals surface area contributed by atoms with Crippen molar-refractivity contribution in [3.05, 3.63) is 59.3 Å². The molecule has 7 nitrogen and oxygen atoms in total. The second-order valence-electron chi connectivity index (χ2n) is 6.41. The first-order valence-electron chi connectivity index (χ1n) is 8.75. The van der Waals surface area contributed by atoms with Crippen LogP contribution in [0, 0.1) is 13.8 Å². The number of aromatic nitrogens is 1. The average Bonchev–Trinajstić information content (AvgIpc) is 3.15. The third-order valence-corrected chi connectivity index (χ3v) is 4.57. The molecule has 4 rings (SSSR count). The maximum Gasteiger partial charge on any atom is 0.339 e. The van der Waals surface area contributed by atoms with Gasteiger partial charge < -0.3 is 19.5 Å². The Morgan fingerprint density at radius 3 is 2.75 bits per heavy atom. The number of anilines is 1. The Morgan fingerprint density at radius 2 is 1.89 bits per heavy atom. The Kier molecular flexibility index (Phi) is 4.57. The molecule has 142 valence electrons. The number of amides is 1. The number of pyridine rings is 1. The number of nitrogens with zero attached hydrogens (tertiary/aromatic N) is 1. The van der Waals surface area contributed by atoms with E-state index >= 15 is 0 Å².